The molecule has 1 N–H and O–H groups in total. The van der Waals surface area contributed by atoms with E-state index < -0.39 is 0 Å². The molecule has 2 aromatic heterocycles. The summed E-state index contributed by atoms with van der Waals surface area (Å²) in [5.74, 6) is -0.317. The van der Waals surface area contributed by atoms with Crippen LogP contribution in [-0.4, -0.2) is 17.0 Å². The standard InChI is InChI=1S/C17H16N2O2S/c1-19-11-14(16(20)13-6-2-3-7-15(13)19)17(21)18-9-8-12-5-4-10-22-12/h2-7,10-11H,8-9H2,1H3,(H,18,21). The molecule has 0 aliphatic carbocycles. The van der Waals surface area contributed by atoms with Crippen molar-refractivity contribution in [2.45, 2.75) is 6.42 Å². The van der Waals surface area contributed by atoms with E-state index in [2.05, 4.69) is 5.32 Å². The van der Waals surface area contributed by atoms with Gasteiger partial charge in [-0.05, 0) is 30.0 Å². The summed E-state index contributed by atoms with van der Waals surface area (Å²) in [6, 6.07) is 11.3. The Bertz CT molecular complexity index is 866. The molecule has 1 aromatic carbocycles. The zero-order chi connectivity index (χ0) is 15.5. The van der Waals surface area contributed by atoms with Crippen molar-refractivity contribution in [3.8, 4) is 0 Å². The molecule has 4 nitrogen and oxygen atoms in total. The molecule has 22 heavy (non-hydrogen) atoms. The van der Waals surface area contributed by atoms with Gasteiger partial charge in [0.05, 0.1) is 5.52 Å². The second-order valence-corrected chi connectivity index (χ2v) is 6.12. The van der Waals surface area contributed by atoms with Crippen LogP contribution in [0.1, 0.15) is 15.2 Å². The maximum Gasteiger partial charge on any atom is 0.256 e. The topological polar surface area (TPSA) is 51.1 Å². The number of nitrogens with one attached hydrogen (secondary N) is 1. The average molecular weight is 312 g/mol. The second kappa shape index (κ2) is 6.15. The van der Waals surface area contributed by atoms with Gasteiger partial charge in [0.1, 0.15) is 5.56 Å². The number of amides is 1. The molecule has 1 amide bonds. The highest BCUT2D eigenvalue weighted by molar-refractivity contribution is 7.09. The lowest BCUT2D eigenvalue weighted by atomic mass is 10.1. The first-order valence-electron chi connectivity index (χ1n) is 7.06. The Morgan fingerprint density at radius 3 is 2.82 bits per heavy atom. The fourth-order valence-corrected chi connectivity index (χ4v) is 3.16. The highest BCUT2D eigenvalue weighted by Gasteiger charge is 2.13. The van der Waals surface area contributed by atoms with E-state index in [1.807, 2.05) is 47.3 Å². The molecular formula is C17H16N2O2S. The molecule has 0 bridgehead atoms. The monoisotopic (exact) mass is 312 g/mol. The van der Waals surface area contributed by atoms with E-state index >= 15 is 0 Å². The maximum atomic E-state index is 12.4. The summed E-state index contributed by atoms with van der Waals surface area (Å²) in [5, 5.41) is 5.40. The third kappa shape index (κ3) is 2.80. The first-order valence-corrected chi connectivity index (χ1v) is 7.94. The van der Waals surface area contributed by atoms with E-state index in [9.17, 15) is 9.59 Å². The lowest BCUT2D eigenvalue weighted by molar-refractivity contribution is 0.0952. The van der Waals surface area contributed by atoms with E-state index in [0.717, 1.165) is 11.9 Å². The van der Waals surface area contributed by atoms with E-state index in [1.165, 1.54) is 4.88 Å². The van der Waals surface area contributed by atoms with Crippen molar-refractivity contribution in [1.29, 1.82) is 0 Å². The minimum Gasteiger partial charge on any atom is -0.352 e. The summed E-state index contributed by atoms with van der Waals surface area (Å²) in [4.78, 5) is 25.9. The van der Waals surface area contributed by atoms with Crippen molar-refractivity contribution >= 4 is 28.1 Å². The first kappa shape index (κ1) is 14.5. The number of carbonyl (C=O) groups is 1. The van der Waals surface area contributed by atoms with Crippen molar-refractivity contribution in [1.82, 2.24) is 9.88 Å². The number of pyridine rings is 1. The quantitative estimate of drug-likeness (QED) is 0.805. The van der Waals surface area contributed by atoms with Crippen molar-refractivity contribution < 1.29 is 4.79 Å². The number of nitrogens with zero attached hydrogens (tertiary/aromatic N) is 1. The van der Waals surface area contributed by atoms with Gasteiger partial charge in [-0.2, -0.15) is 0 Å². The van der Waals surface area contributed by atoms with Crippen LogP contribution in [0.2, 0.25) is 0 Å². The Morgan fingerprint density at radius 1 is 1.23 bits per heavy atom. The van der Waals surface area contributed by atoms with E-state index in [1.54, 1.807) is 23.6 Å². The number of para-hydroxylation sites is 1. The zero-order valence-electron chi connectivity index (χ0n) is 12.2. The second-order valence-electron chi connectivity index (χ2n) is 5.09. The van der Waals surface area contributed by atoms with E-state index in [4.69, 9.17) is 0 Å². The first-order chi connectivity index (χ1) is 10.7. The lowest BCUT2D eigenvalue weighted by Crippen LogP contribution is -2.31. The molecule has 3 rings (SSSR count). The SMILES string of the molecule is Cn1cc(C(=O)NCCc2cccs2)c(=O)c2ccccc21. The number of carbonyl (C=O) groups excluding carboxylic acids is 1. The summed E-state index contributed by atoms with van der Waals surface area (Å²) in [5.41, 5.74) is 0.789. The van der Waals surface area contributed by atoms with Gasteiger partial charge in [0.25, 0.3) is 5.91 Å². The number of benzene rings is 1. The number of hydrogen-bond donors (Lipinski definition) is 1. The minimum atomic E-state index is -0.317. The molecule has 0 spiro atoms. The van der Waals surface area contributed by atoms with Gasteiger partial charge in [0, 0.05) is 30.1 Å². The fraction of sp³-hybridized carbons (Fsp3) is 0.176. The molecule has 5 heteroatoms. The number of thiophene rings is 1. The summed E-state index contributed by atoms with van der Waals surface area (Å²) < 4.78 is 1.81. The van der Waals surface area contributed by atoms with E-state index in [-0.39, 0.29) is 16.9 Å². The third-order valence-electron chi connectivity index (χ3n) is 3.58. The van der Waals surface area contributed by atoms with E-state index in [0.29, 0.717) is 11.9 Å². The zero-order valence-corrected chi connectivity index (χ0v) is 13.0. The van der Waals surface area contributed by atoms with Gasteiger partial charge in [-0.1, -0.05) is 18.2 Å². The van der Waals surface area contributed by atoms with Crippen LogP contribution >= 0.6 is 11.3 Å². The van der Waals surface area contributed by atoms with Gasteiger partial charge < -0.3 is 9.88 Å². The average Bonchev–Trinajstić information content (AvgIpc) is 3.04. The Balaban J connectivity index is 1.82. The summed E-state index contributed by atoms with van der Waals surface area (Å²) in [7, 11) is 1.84. The number of aromatic nitrogens is 1. The predicted molar refractivity (Wildman–Crippen MR) is 89.5 cm³/mol. The van der Waals surface area contributed by atoms with Crippen molar-refractivity contribution in [2.75, 3.05) is 6.54 Å². The molecule has 2 heterocycles. The Morgan fingerprint density at radius 2 is 2.05 bits per heavy atom. The van der Waals surface area contributed by atoms with Crippen molar-refractivity contribution in [2.24, 2.45) is 7.05 Å². The van der Waals surface area contributed by atoms with Gasteiger partial charge in [-0.25, -0.2) is 0 Å². The molecule has 0 saturated heterocycles. The van der Waals surface area contributed by atoms with Crippen LogP contribution in [-0.2, 0) is 13.5 Å². The molecule has 0 aliphatic rings. The Hall–Kier alpha value is -2.40. The molecule has 0 atom stereocenters. The van der Waals surface area contributed by atoms with Gasteiger partial charge in [-0.15, -0.1) is 11.3 Å². The third-order valence-corrected chi connectivity index (χ3v) is 4.51. The summed E-state index contributed by atoms with van der Waals surface area (Å²) in [6.07, 6.45) is 2.38. The fourth-order valence-electron chi connectivity index (χ4n) is 2.45. The van der Waals surface area contributed by atoms with Crippen LogP contribution in [0, 0.1) is 0 Å². The van der Waals surface area contributed by atoms with Gasteiger partial charge in [0.15, 0.2) is 0 Å². The van der Waals surface area contributed by atoms with Gasteiger partial charge in [-0.3, -0.25) is 9.59 Å². The van der Waals surface area contributed by atoms with Crippen molar-refractivity contribution in [3.63, 3.8) is 0 Å². The minimum absolute atomic E-state index is 0.187. The number of aryl methyl sites for hydroxylation is 1. The van der Waals surface area contributed by atoms with Crippen LogP contribution in [0.5, 0.6) is 0 Å². The predicted octanol–water partition coefficient (Wildman–Crippen LogP) is 2.57. The molecule has 0 saturated carbocycles. The van der Waals surface area contributed by atoms with Crippen LogP contribution in [0.4, 0.5) is 0 Å². The Kier molecular flexibility index (Phi) is 4.06. The normalized spacial score (nSPS) is 10.8. The highest BCUT2D eigenvalue weighted by atomic mass is 32.1. The molecule has 0 radical (unpaired) electrons. The smallest absolute Gasteiger partial charge is 0.256 e. The summed E-state index contributed by atoms with van der Waals surface area (Å²) in [6.45, 7) is 0.523. The maximum absolute atomic E-state index is 12.4. The molecule has 0 aliphatic heterocycles. The highest BCUT2D eigenvalue weighted by Crippen LogP contribution is 2.11. The van der Waals surface area contributed by atoms with Gasteiger partial charge in [0.2, 0.25) is 5.43 Å². The summed E-state index contributed by atoms with van der Waals surface area (Å²) >= 11 is 1.66. The number of hydrogen-bond acceptors (Lipinski definition) is 3. The molecule has 0 unspecified atom stereocenters. The number of fused-ring (bicyclic) bond motifs is 1. The van der Waals surface area contributed by atoms with Gasteiger partial charge >= 0.3 is 0 Å². The molecular weight excluding hydrogens is 296 g/mol. The molecule has 0 fully saturated rings. The number of rotatable bonds is 4. The van der Waals surface area contributed by atoms with Crippen LogP contribution in [0.3, 0.4) is 0 Å². The molecule has 3 aromatic rings. The van der Waals surface area contributed by atoms with Crippen LogP contribution in [0.25, 0.3) is 10.9 Å². The lowest BCUT2D eigenvalue weighted by Gasteiger charge is -2.09. The largest absolute Gasteiger partial charge is 0.352 e. The Labute approximate surface area is 132 Å². The molecule has 112 valence electrons. The van der Waals surface area contributed by atoms with Crippen LogP contribution in [0.15, 0.2) is 52.8 Å². The van der Waals surface area contributed by atoms with Crippen molar-refractivity contribution in [3.05, 3.63) is 68.6 Å². The van der Waals surface area contributed by atoms with Crippen LogP contribution < -0.4 is 10.7 Å².